The number of halogens is 1. The topological polar surface area (TPSA) is 39.4 Å². The number of hydrogen-bond donors (Lipinski definition) is 0. The summed E-state index contributed by atoms with van der Waals surface area (Å²) >= 11 is 3.45. The predicted molar refractivity (Wildman–Crippen MR) is 81.9 cm³/mol. The molecule has 2 aromatic heterocycles. The molecule has 0 aliphatic rings. The lowest BCUT2D eigenvalue weighted by molar-refractivity contribution is 0.242. The van der Waals surface area contributed by atoms with E-state index >= 15 is 0 Å². The molecule has 0 saturated heterocycles. The average Bonchev–Trinajstić information content (AvgIpc) is 2.80. The number of aromatic nitrogens is 3. The van der Waals surface area contributed by atoms with Crippen LogP contribution in [0.4, 0.5) is 0 Å². The SMILES string of the molecule is CC(C)Oc1ccc(-c2cnc3ncc(Br)n3c2)cc1. The summed E-state index contributed by atoms with van der Waals surface area (Å²) in [6.45, 7) is 4.03. The number of imidazole rings is 1. The van der Waals surface area contributed by atoms with E-state index in [4.69, 9.17) is 4.74 Å². The van der Waals surface area contributed by atoms with Crippen LogP contribution in [0.2, 0.25) is 0 Å². The van der Waals surface area contributed by atoms with E-state index in [2.05, 4.69) is 25.9 Å². The predicted octanol–water partition coefficient (Wildman–Crippen LogP) is 3.95. The molecule has 0 amide bonds. The van der Waals surface area contributed by atoms with Gasteiger partial charge in [-0.25, -0.2) is 9.97 Å². The van der Waals surface area contributed by atoms with Crippen LogP contribution in [0.15, 0.2) is 47.5 Å². The van der Waals surface area contributed by atoms with Crippen molar-refractivity contribution in [3.05, 3.63) is 47.5 Å². The zero-order valence-corrected chi connectivity index (χ0v) is 12.8. The third-order valence-corrected chi connectivity index (χ3v) is 3.47. The minimum absolute atomic E-state index is 0.181. The Morgan fingerprint density at radius 1 is 1.05 bits per heavy atom. The van der Waals surface area contributed by atoms with E-state index in [-0.39, 0.29) is 6.10 Å². The van der Waals surface area contributed by atoms with Gasteiger partial charge in [-0.2, -0.15) is 0 Å². The van der Waals surface area contributed by atoms with Gasteiger partial charge in [0.25, 0.3) is 0 Å². The summed E-state index contributed by atoms with van der Waals surface area (Å²) in [5, 5.41) is 0. The summed E-state index contributed by atoms with van der Waals surface area (Å²) in [6.07, 6.45) is 5.76. The molecule has 0 radical (unpaired) electrons. The fraction of sp³-hybridized carbons (Fsp3) is 0.200. The lowest BCUT2D eigenvalue weighted by Gasteiger charge is -2.10. The highest BCUT2D eigenvalue weighted by Crippen LogP contribution is 2.23. The molecular formula is C15H14BrN3O. The van der Waals surface area contributed by atoms with Crippen LogP contribution in [0.25, 0.3) is 16.9 Å². The summed E-state index contributed by atoms with van der Waals surface area (Å²) in [5.41, 5.74) is 2.13. The molecule has 2 heterocycles. The fourth-order valence-corrected chi connectivity index (χ4v) is 2.36. The van der Waals surface area contributed by atoms with Gasteiger partial charge in [-0.05, 0) is 47.5 Å². The van der Waals surface area contributed by atoms with Crippen LogP contribution >= 0.6 is 15.9 Å². The molecule has 3 rings (SSSR count). The Hall–Kier alpha value is -1.88. The number of ether oxygens (including phenoxy) is 1. The number of nitrogens with zero attached hydrogens (tertiary/aromatic N) is 3. The van der Waals surface area contributed by atoms with Crippen LogP contribution in [0.1, 0.15) is 13.8 Å². The van der Waals surface area contributed by atoms with Crippen LogP contribution in [-0.2, 0) is 0 Å². The minimum atomic E-state index is 0.181. The summed E-state index contributed by atoms with van der Waals surface area (Å²) in [5.74, 6) is 1.56. The van der Waals surface area contributed by atoms with Crippen LogP contribution in [0.3, 0.4) is 0 Å². The van der Waals surface area contributed by atoms with Gasteiger partial charge < -0.3 is 4.74 Å². The Balaban J connectivity index is 1.95. The highest BCUT2D eigenvalue weighted by atomic mass is 79.9. The zero-order chi connectivity index (χ0) is 14.1. The molecule has 0 atom stereocenters. The first-order valence-electron chi connectivity index (χ1n) is 6.39. The van der Waals surface area contributed by atoms with Crippen molar-refractivity contribution in [3.8, 4) is 16.9 Å². The maximum atomic E-state index is 5.64. The lowest BCUT2D eigenvalue weighted by Crippen LogP contribution is -2.05. The maximum Gasteiger partial charge on any atom is 0.234 e. The summed E-state index contributed by atoms with van der Waals surface area (Å²) in [4.78, 5) is 8.52. The standard InChI is InChI=1S/C15H14BrN3O/c1-10(2)20-13-5-3-11(4-6-13)12-7-17-15-18-8-14(16)19(15)9-12/h3-10H,1-2H3. The van der Waals surface area contributed by atoms with Gasteiger partial charge in [0.05, 0.1) is 12.3 Å². The lowest BCUT2D eigenvalue weighted by atomic mass is 10.1. The number of fused-ring (bicyclic) bond motifs is 1. The molecule has 0 fully saturated rings. The van der Waals surface area contributed by atoms with Gasteiger partial charge in [0.15, 0.2) is 0 Å². The van der Waals surface area contributed by atoms with Gasteiger partial charge in [0.1, 0.15) is 10.4 Å². The Bertz CT molecular complexity index is 734. The highest BCUT2D eigenvalue weighted by Gasteiger charge is 2.05. The molecule has 0 saturated carbocycles. The van der Waals surface area contributed by atoms with Crippen LogP contribution in [0.5, 0.6) is 5.75 Å². The molecule has 1 aromatic carbocycles. The molecule has 5 heteroatoms. The molecule has 102 valence electrons. The van der Waals surface area contributed by atoms with Crippen molar-refractivity contribution in [2.45, 2.75) is 20.0 Å². The molecule has 3 aromatic rings. The smallest absolute Gasteiger partial charge is 0.234 e. The molecule has 0 bridgehead atoms. The molecule has 0 unspecified atom stereocenters. The third kappa shape index (κ3) is 2.54. The Labute approximate surface area is 125 Å². The third-order valence-electron chi connectivity index (χ3n) is 2.88. The number of hydrogen-bond acceptors (Lipinski definition) is 3. The Kier molecular flexibility index (Phi) is 3.44. The van der Waals surface area contributed by atoms with Gasteiger partial charge in [-0.3, -0.25) is 4.40 Å². The molecule has 0 aliphatic heterocycles. The molecular weight excluding hydrogens is 318 g/mol. The van der Waals surface area contributed by atoms with E-state index < -0.39 is 0 Å². The summed E-state index contributed by atoms with van der Waals surface area (Å²) in [7, 11) is 0. The summed E-state index contributed by atoms with van der Waals surface area (Å²) < 4.78 is 8.44. The molecule has 20 heavy (non-hydrogen) atoms. The monoisotopic (exact) mass is 331 g/mol. The number of benzene rings is 1. The van der Waals surface area contributed by atoms with E-state index in [9.17, 15) is 0 Å². The Morgan fingerprint density at radius 2 is 1.75 bits per heavy atom. The van der Waals surface area contributed by atoms with Gasteiger partial charge >= 0.3 is 0 Å². The zero-order valence-electron chi connectivity index (χ0n) is 11.2. The van der Waals surface area contributed by atoms with Crippen molar-refractivity contribution in [1.29, 1.82) is 0 Å². The Morgan fingerprint density at radius 3 is 2.45 bits per heavy atom. The van der Waals surface area contributed by atoms with Crippen molar-refractivity contribution < 1.29 is 4.74 Å². The van der Waals surface area contributed by atoms with Crippen molar-refractivity contribution in [1.82, 2.24) is 14.4 Å². The van der Waals surface area contributed by atoms with Crippen molar-refractivity contribution in [2.24, 2.45) is 0 Å². The van der Waals surface area contributed by atoms with Crippen molar-refractivity contribution in [3.63, 3.8) is 0 Å². The quantitative estimate of drug-likeness (QED) is 0.729. The van der Waals surface area contributed by atoms with Crippen molar-refractivity contribution in [2.75, 3.05) is 0 Å². The van der Waals surface area contributed by atoms with Gasteiger partial charge in [-0.15, -0.1) is 0 Å². The fourth-order valence-electron chi connectivity index (χ4n) is 1.99. The number of rotatable bonds is 3. The molecule has 4 nitrogen and oxygen atoms in total. The largest absolute Gasteiger partial charge is 0.491 e. The van der Waals surface area contributed by atoms with Gasteiger partial charge in [0.2, 0.25) is 5.78 Å². The first-order valence-corrected chi connectivity index (χ1v) is 7.18. The second-order valence-electron chi connectivity index (χ2n) is 4.78. The van der Waals surface area contributed by atoms with Crippen LogP contribution < -0.4 is 4.74 Å². The van der Waals surface area contributed by atoms with E-state index in [1.165, 1.54) is 0 Å². The first-order chi connectivity index (χ1) is 9.63. The van der Waals surface area contributed by atoms with E-state index in [1.54, 1.807) is 6.20 Å². The van der Waals surface area contributed by atoms with Crippen LogP contribution in [-0.4, -0.2) is 20.5 Å². The molecule has 0 aliphatic carbocycles. The second kappa shape index (κ2) is 5.25. The van der Waals surface area contributed by atoms with E-state index in [0.29, 0.717) is 5.78 Å². The highest BCUT2D eigenvalue weighted by molar-refractivity contribution is 9.10. The minimum Gasteiger partial charge on any atom is -0.491 e. The van der Waals surface area contributed by atoms with Gasteiger partial charge in [0, 0.05) is 18.0 Å². The van der Waals surface area contributed by atoms with Crippen LogP contribution in [0, 0.1) is 0 Å². The molecule has 0 spiro atoms. The first kappa shape index (κ1) is 13.1. The second-order valence-corrected chi connectivity index (χ2v) is 5.60. The molecule has 0 N–H and O–H groups in total. The van der Waals surface area contributed by atoms with Crippen molar-refractivity contribution >= 4 is 21.7 Å². The maximum absolute atomic E-state index is 5.64. The normalized spacial score (nSPS) is 11.2. The van der Waals surface area contributed by atoms with E-state index in [1.807, 2.05) is 54.9 Å². The average molecular weight is 332 g/mol. The van der Waals surface area contributed by atoms with E-state index in [0.717, 1.165) is 21.5 Å². The summed E-state index contributed by atoms with van der Waals surface area (Å²) in [6, 6.07) is 8.02. The van der Waals surface area contributed by atoms with Gasteiger partial charge in [-0.1, -0.05) is 12.1 Å².